The summed E-state index contributed by atoms with van der Waals surface area (Å²) in [5.41, 5.74) is -3.26. The van der Waals surface area contributed by atoms with Gasteiger partial charge in [-0.1, -0.05) is 0 Å². The fraction of sp³-hybridized carbons (Fsp3) is 0.867. The zero-order valence-electron chi connectivity index (χ0n) is 14.2. The molecule has 1 spiro atoms. The first kappa shape index (κ1) is 20.2. The summed E-state index contributed by atoms with van der Waals surface area (Å²) in [7, 11) is 0. The highest BCUT2D eigenvalue weighted by molar-refractivity contribution is 5.84. The van der Waals surface area contributed by atoms with Gasteiger partial charge in [0, 0.05) is 26.2 Å². The van der Waals surface area contributed by atoms with Crippen LogP contribution in [0.15, 0.2) is 0 Å². The summed E-state index contributed by atoms with van der Waals surface area (Å²) < 4.78 is 83.6. The lowest BCUT2D eigenvalue weighted by atomic mass is 9.76. The summed E-state index contributed by atoms with van der Waals surface area (Å²) in [6.45, 7) is -0.984. The van der Waals surface area contributed by atoms with Crippen LogP contribution in [-0.2, 0) is 19.2 Å². The number of carbonyl (C=O) groups excluding carboxylic acids is 2. The van der Waals surface area contributed by atoms with Crippen LogP contribution in [0.3, 0.4) is 0 Å². The number of ether oxygens (including phenoxy) is 1. The van der Waals surface area contributed by atoms with Crippen molar-refractivity contribution in [2.45, 2.75) is 43.6 Å². The van der Waals surface area contributed by atoms with Gasteiger partial charge < -0.3 is 14.5 Å². The highest BCUT2D eigenvalue weighted by Crippen LogP contribution is 2.49. The largest absolute Gasteiger partial charge is 0.492 e. The molecule has 2 saturated heterocycles. The Morgan fingerprint density at radius 1 is 0.926 bits per heavy atom. The molecular weight excluding hydrogens is 386 g/mol. The minimum absolute atomic E-state index is 0.0329. The first-order valence-electron chi connectivity index (χ1n) is 8.43. The lowest BCUT2D eigenvalue weighted by Gasteiger charge is -2.44. The molecule has 0 unspecified atom stereocenters. The number of morpholine rings is 1. The number of hydrogen-bond acceptors (Lipinski definition) is 5. The van der Waals surface area contributed by atoms with Crippen molar-refractivity contribution >= 4 is 11.9 Å². The van der Waals surface area contributed by atoms with Crippen LogP contribution in [0.4, 0.5) is 26.3 Å². The van der Waals surface area contributed by atoms with Crippen molar-refractivity contribution in [2.24, 2.45) is 5.41 Å². The van der Waals surface area contributed by atoms with Gasteiger partial charge in [0.2, 0.25) is 5.91 Å². The molecule has 12 heteroatoms. The number of piperidine rings is 1. The second kappa shape index (κ2) is 6.50. The highest BCUT2D eigenvalue weighted by atomic mass is 19.4. The Labute approximate surface area is 150 Å². The van der Waals surface area contributed by atoms with Gasteiger partial charge in [-0.3, -0.25) is 4.79 Å². The van der Waals surface area contributed by atoms with Crippen molar-refractivity contribution in [1.29, 1.82) is 0 Å². The lowest BCUT2D eigenvalue weighted by molar-refractivity contribution is -0.269. The fourth-order valence-corrected chi connectivity index (χ4v) is 3.51. The third-order valence-electron chi connectivity index (χ3n) is 5.31. The van der Waals surface area contributed by atoms with E-state index in [4.69, 9.17) is 4.74 Å². The van der Waals surface area contributed by atoms with E-state index in [0.717, 1.165) is 4.90 Å². The van der Waals surface area contributed by atoms with Gasteiger partial charge in [0.25, 0.3) is 0 Å². The molecule has 1 amide bonds. The second-order valence-electron chi connectivity index (χ2n) is 7.14. The SMILES string of the molecule is O=C(ON1CCC(C(=O)N2CCOC3(CC3)C2)(C(F)(F)F)CC1)C(F)(F)F. The first-order chi connectivity index (χ1) is 12.4. The van der Waals surface area contributed by atoms with E-state index < -0.39 is 61.2 Å². The van der Waals surface area contributed by atoms with Crippen LogP contribution in [0, 0.1) is 5.41 Å². The number of amides is 1. The molecule has 6 nitrogen and oxygen atoms in total. The van der Waals surface area contributed by atoms with Crippen LogP contribution >= 0.6 is 0 Å². The molecule has 3 rings (SSSR count). The third kappa shape index (κ3) is 3.86. The summed E-state index contributed by atoms with van der Waals surface area (Å²) in [5.74, 6) is -3.59. The van der Waals surface area contributed by atoms with Crippen molar-refractivity contribution in [2.75, 3.05) is 32.8 Å². The number of hydrogen-bond donors (Lipinski definition) is 0. The summed E-state index contributed by atoms with van der Waals surface area (Å²) in [5, 5.41) is 0.523. The number of alkyl halides is 6. The van der Waals surface area contributed by atoms with Crippen LogP contribution < -0.4 is 0 Å². The molecule has 0 aromatic heterocycles. The molecule has 3 aliphatic rings. The highest BCUT2D eigenvalue weighted by Gasteiger charge is 2.63. The van der Waals surface area contributed by atoms with E-state index >= 15 is 0 Å². The van der Waals surface area contributed by atoms with Crippen molar-refractivity contribution in [1.82, 2.24) is 9.96 Å². The summed E-state index contributed by atoms with van der Waals surface area (Å²) in [6, 6.07) is 0. The molecule has 0 N–H and O–H groups in total. The van der Waals surface area contributed by atoms with Gasteiger partial charge >= 0.3 is 18.3 Å². The van der Waals surface area contributed by atoms with Gasteiger partial charge in [0.1, 0.15) is 5.41 Å². The van der Waals surface area contributed by atoms with Gasteiger partial charge in [-0.2, -0.15) is 26.3 Å². The Kier molecular flexibility index (Phi) is 4.86. The average Bonchev–Trinajstić information content (AvgIpc) is 3.31. The Morgan fingerprint density at radius 2 is 1.52 bits per heavy atom. The molecule has 0 radical (unpaired) electrons. The molecule has 1 saturated carbocycles. The fourth-order valence-electron chi connectivity index (χ4n) is 3.51. The molecule has 0 atom stereocenters. The summed E-state index contributed by atoms with van der Waals surface area (Å²) in [4.78, 5) is 28.8. The smallest absolute Gasteiger partial charge is 0.371 e. The van der Waals surface area contributed by atoms with E-state index in [0.29, 0.717) is 17.9 Å². The van der Waals surface area contributed by atoms with E-state index in [1.807, 2.05) is 0 Å². The quantitative estimate of drug-likeness (QED) is 0.660. The van der Waals surface area contributed by atoms with Gasteiger partial charge in [-0.15, -0.1) is 5.06 Å². The van der Waals surface area contributed by atoms with Crippen LogP contribution in [0.1, 0.15) is 25.7 Å². The van der Waals surface area contributed by atoms with E-state index in [1.165, 1.54) is 0 Å². The standard InChI is InChI=1S/C15H18F6N2O4/c16-14(17,18)11(25)27-23-5-3-13(4-6-23,15(19,20)21)10(24)22-7-8-26-12(9-22)1-2-12/h1-9H2. The molecule has 154 valence electrons. The number of carbonyl (C=O) groups is 2. The molecule has 2 aliphatic heterocycles. The van der Waals surface area contributed by atoms with E-state index in [1.54, 1.807) is 0 Å². The zero-order chi connectivity index (χ0) is 20.1. The normalized spacial score (nSPS) is 25.3. The number of halogens is 6. The molecule has 27 heavy (non-hydrogen) atoms. The predicted octanol–water partition coefficient (Wildman–Crippen LogP) is 2.04. The van der Waals surface area contributed by atoms with Crippen LogP contribution in [-0.4, -0.2) is 72.6 Å². The Balaban J connectivity index is 1.70. The van der Waals surface area contributed by atoms with E-state index in [2.05, 4.69) is 4.84 Å². The van der Waals surface area contributed by atoms with Gasteiger partial charge in [0.15, 0.2) is 0 Å². The molecule has 0 aromatic rings. The van der Waals surface area contributed by atoms with Gasteiger partial charge in [-0.05, 0) is 25.7 Å². The zero-order valence-corrected chi connectivity index (χ0v) is 14.2. The number of rotatable bonds is 2. The third-order valence-corrected chi connectivity index (χ3v) is 5.31. The van der Waals surface area contributed by atoms with Crippen LogP contribution in [0.5, 0.6) is 0 Å². The molecule has 0 aromatic carbocycles. The van der Waals surface area contributed by atoms with Crippen LogP contribution in [0.2, 0.25) is 0 Å². The maximum Gasteiger partial charge on any atom is 0.492 e. The van der Waals surface area contributed by atoms with Crippen molar-refractivity contribution in [3.63, 3.8) is 0 Å². The Morgan fingerprint density at radius 3 is 2.00 bits per heavy atom. The summed E-state index contributed by atoms with van der Waals surface area (Å²) in [6.07, 6.45) is -10.3. The Hall–Kier alpha value is -1.56. The van der Waals surface area contributed by atoms with Crippen LogP contribution in [0.25, 0.3) is 0 Å². The van der Waals surface area contributed by atoms with Crippen molar-refractivity contribution < 1.29 is 45.5 Å². The maximum atomic E-state index is 13.8. The van der Waals surface area contributed by atoms with Crippen molar-refractivity contribution in [3.05, 3.63) is 0 Å². The minimum Gasteiger partial charge on any atom is -0.371 e. The molecule has 1 aliphatic carbocycles. The van der Waals surface area contributed by atoms with Crippen molar-refractivity contribution in [3.8, 4) is 0 Å². The molecular formula is C15H18F6N2O4. The monoisotopic (exact) mass is 404 g/mol. The predicted molar refractivity (Wildman–Crippen MR) is 75.9 cm³/mol. The van der Waals surface area contributed by atoms with Gasteiger partial charge in [0.05, 0.1) is 12.2 Å². The first-order valence-corrected chi connectivity index (χ1v) is 8.43. The van der Waals surface area contributed by atoms with E-state index in [-0.39, 0.29) is 19.7 Å². The lowest BCUT2D eigenvalue weighted by Crippen LogP contribution is -2.60. The van der Waals surface area contributed by atoms with Gasteiger partial charge in [-0.25, -0.2) is 4.79 Å². The molecule has 2 heterocycles. The maximum absolute atomic E-state index is 13.8. The average molecular weight is 404 g/mol. The van der Waals surface area contributed by atoms with E-state index in [9.17, 15) is 35.9 Å². The second-order valence-corrected chi connectivity index (χ2v) is 7.14. The minimum atomic E-state index is -5.25. The Bertz CT molecular complexity index is 608. The number of nitrogens with zero attached hydrogens (tertiary/aromatic N) is 2. The topological polar surface area (TPSA) is 59.1 Å². The molecule has 0 bridgehead atoms. The number of hydroxylamine groups is 2. The molecule has 3 fully saturated rings. The summed E-state index contributed by atoms with van der Waals surface area (Å²) >= 11 is 0.